The van der Waals surface area contributed by atoms with Crippen molar-refractivity contribution in [1.82, 2.24) is 9.88 Å². The number of hydrogen-bond acceptors (Lipinski definition) is 5. The number of nitrogens with zero attached hydrogens (tertiary/aromatic N) is 2. The normalized spacial score (nSPS) is 21.0. The van der Waals surface area contributed by atoms with Gasteiger partial charge in [0.05, 0.1) is 17.0 Å². The van der Waals surface area contributed by atoms with Crippen molar-refractivity contribution in [2.45, 2.75) is 51.1 Å². The lowest BCUT2D eigenvalue weighted by atomic mass is 9.87. The van der Waals surface area contributed by atoms with Crippen LogP contribution in [0.4, 0.5) is 5.69 Å². The maximum absolute atomic E-state index is 12.2. The number of aliphatic carboxylic acids is 1. The van der Waals surface area contributed by atoms with Crippen molar-refractivity contribution < 1.29 is 19.6 Å². The summed E-state index contributed by atoms with van der Waals surface area (Å²) < 4.78 is 0.951. The molecule has 1 fully saturated rings. The van der Waals surface area contributed by atoms with Gasteiger partial charge in [0.25, 0.3) is 11.2 Å². The van der Waals surface area contributed by atoms with Crippen molar-refractivity contribution in [2.75, 3.05) is 0 Å². The zero-order valence-corrected chi connectivity index (χ0v) is 13.7. The van der Waals surface area contributed by atoms with Crippen LogP contribution in [-0.4, -0.2) is 32.5 Å². The van der Waals surface area contributed by atoms with Crippen LogP contribution < -0.4 is 10.9 Å². The van der Waals surface area contributed by atoms with Crippen molar-refractivity contribution in [3.05, 3.63) is 38.8 Å². The van der Waals surface area contributed by atoms with Gasteiger partial charge >= 0.3 is 5.97 Å². The molecule has 1 aliphatic rings. The van der Waals surface area contributed by atoms with Crippen molar-refractivity contribution in [2.24, 2.45) is 5.92 Å². The van der Waals surface area contributed by atoms with Crippen LogP contribution in [-0.2, 0) is 16.1 Å². The summed E-state index contributed by atoms with van der Waals surface area (Å²) in [6, 6.07) is 1.60. The lowest BCUT2D eigenvalue weighted by molar-refractivity contribution is -0.385. The van der Waals surface area contributed by atoms with Gasteiger partial charge < -0.3 is 10.4 Å². The Hall–Kier alpha value is -2.71. The Morgan fingerprint density at radius 2 is 1.92 bits per heavy atom. The third-order valence-electron chi connectivity index (χ3n) is 4.42. The van der Waals surface area contributed by atoms with Gasteiger partial charge in [0.2, 0.25) is 5.91 Å². The Bertz CT molecular complexity index is 714. The van der Waals surface area contributed by atoms with Crippen molar-refractivity contribution in [1.29, 1.82) is 0 Å². The van der Waals surface area contributed by atoms with Gasteiger partial charge in [0.15, 0.2) is 0 Å². The first-order valence-corrected chi connectivity index (χ1v) is 8.25. The summed E-state index contributed by atoms with van der Waals surface area (Å²) in [6.45, 7) is -0.386. The molecule has 0 radical (unpaired) electrons. The van der Waals surface area contributed by atoms with E-state index in [1.165, 1.54) is 0 Å². The second-order valence-corrected chi connectivity index (χ2v) is 6.22. The smallest absolute Gasteiger partial charge is 0.308 e. The number of carbonyl (C=O) groups excluding carboxylic acids is 1. The molecule has 1 heterocycles. The molecule has 0 saturated heterocycles. The Morgan fingerprint density at radius 3 is 2.56 bits per heavy atom. The monoisotopic (exact) mass is 351 g/mol. The molecule has 1 aromatic heterocycles. The molecule has 9 nitrogen and oxygen atoms in total. The van der Waals surface area contributed by atoms with Gasteiger partial charge in [-0.25, -0.2) is 0 Å². The molecule has 1 aliphatic carbocycles. The molecule has 0 bridgehead atoms. The molecule has 1 saturated carbocycles. The number of hydrogen-bond donors (Lipinski definition) is 2. The Kier molecular flexibility index (Phi) is 6.26. The fraction of sp³-hybridized carbons (Fsp3) is 0.562. The number of amides is 1. The molecule has 0 aromatic carbocycles. The number of rotatable bonds is 5. The maximum Gasteiger partial charge on any atom is 0.308 e. The summed E-state index contributed by atoms with van der Waals surface area (Å²) in [7, 11) is 0. The van der Waals surface area contributed by atoms with Gasteiger partial charge in [-0.05, 0) is 12.8 Å². The van der Waals surface area contributed by atoms with E-state index >= 15 is 0 Å². The predicted molar refractivity (Wildman–Crippen MR) is 88.1 cm³/mol. The summed E-state index contributed by atoms with van der Waals surface area (Å²) in [5.41, 5.74) is -0.824. The third-order valence-corrected chi connectivity index (χ3v) is 4.42. The van der Waals surface area contributed by atoms with Crippen LogP contribution >= 0.6 is 0 Å². The number of carbonyl (C=O) groups is 2. The number of nitro groups is 1. The topological polar surface area (TPSA) is 132 Å². The van der Waals surface area contributed by atoms with Crippen LogP contribution in [0, 0.1) is 16.0 Å². The molecule has 136 valence electrons. The van der Waals surface area contributed by atoms with Crippen LogP contribution in [0.3, 0.4) is 0 Å². The number of nitrogens with one attached hydrogen (secondary N) is 1. The number of aromatic nitrogens is 1. The van der Waals surface area contributed by atoms with E-state index in [-0.39, 0.29) is 12.2 Å². The van der Waals surface area contributed by atoms with Gasteiger partial charge in [-0.1, -0.05) is 25.7 Å². The SMILES string of the molecule is O=C(Cn1cc([N+](=O)[O-])ccc1=O)NC1CCCCCCC1C(=O)O. The quantitative estimate of drug-likeness (QED) is 0.607. The predicted octanol–water partition coefficient (Wildman–Crippen LogP) is 1.30. The molecule has 0 spiro atoms. The van der Waals surface area contributed by atoms with Gasteiger partial charge in [-0.3, -0.25) is 29.1 Å². The summed E-state index contributed by atoms with van der Waals surface area (Å²) in [5, 5.41) is 22.9. The van der Waals surface area contributed by atoms with Crippen LogP contribution in [0.15, 0.2) is 23.1 Å². The Balaban J connectivity index is 2.09. The summed E-state index contributed by atoms with van der Waals surface area (Å²) in [5.74, 6) is -2.13. The fourth-order valence-electron chi connectivity index (χ4n) is 3.11. The van der Waals surface area contributed by atoms with Gasteiger partial charge in [0, 0.05) is 18.2 Å². The van der Waals surface area contributed by atoms with E-state index in [1.807, 2.05) is 0 Å². The molecule has 1 amide bonds. The first-order chi connectivity index (χ1) is 11.9. The number of pyridine rings is 1. The number of carboxylic acids is 1. The highest BCUT2D eigenvalue weighted by Crippen LogP contribution is 2.23. The van der Waals surface area contributed by atoms with E-state index in [0.29, 0.717) is 12.8 Å². The van der Waals surface area contributed by atoms with Gasteiger partial charge in [0.1, 0.15) is 6.54 Å². The average molecular weight is 351 g/mol. The maximum atomic E-state index is 12.2. The lowest BCUT2D eigenvalue weighted by Gasteiger charge is -2.27. The minimum atomic E-state index is -0.945. The molecule has 2 unspecified atom stereocenters. The third kappa shape index (κ3) is 5.13. The molecule has 2 atom stereocenters. The second kappa shape index (κ2) is 8.41. The van der Waals surface area contributed by atoms with Crippen LogP contribution in [0.2, 0.25) is 0 Å². The molecule has 2 rings (SSSR count). The first-order valence-electron chi connectivity index (χ1n) is 8.25. The van der Waals surface area contributed by atoms with Crippen LogP contribution in [0.5, 0.6) is 0 Å². The van der Waals surface area contributed by atoms with Gasteiger partial charge in [-0.15, -0.1) is 0 Å². The summed E-state index contributed by atoms with van der Waals surface area (Å²) in [6.07, 6.45) is 5.66. The zero-order chi connectivity index (χ0) is 18.4. The van der Waals surface area contributed by atoms with Crippen molar-refractivity contribution in [3.8, 4) is 0 Å². The Morgan fingerprint density at radius 1 is 1.24 bits per heavy atom. The highest BCUT2D eigenvalue weighted by Gasteiger charge is 2.29. The molecule has 25 heavy (non-hydrogen) atoms. The lowest BCUT2D eigenvalue weighted by Crippen LogP contribution is -2.45. The first kappa shape index (κ1) is 18.6. The molecule has 1 aromatic rings. The van der Waals surface area contributed by atoms with E-state index in [4.69, 9.17) is 0 Å². The molecule has 2 N–H and O–H groups in total. The summed E-state index contributed by atoms with van der Waals surface area (Å²) >= 11 is 0. The highest BCUT2D eigenvalue weighted by atomic mass is 16.6. The zero-order valence-electron chi connectivity index (χ0n) is 13.7. The van der Waals surface area contributed by atoms with Crippen molar-refractivity contribution in [3.63, 3.8) is 0 Å². The number of carboxylic acid groups (broad SMARTS) is 1. The highest BCUT2D eigenvalue weighted by molar-refractivity contribution is 5.78. The Labute approximate surface area is 143 Å². The largest absolute Gasteiger partial charge is 0.481 e. The molecular formula is C16H21N3O6. The minimum Gasteiger partial charge on any atom is -0.481 e. The molecule has 0 aliphatic heterocycles. The van der Waals surface area contributed by atoms with E-state index in [0.717, 1.165) is 48.6 Å². The van der Waals surface area contributed by atoms with Crippen molar-refractivity contribution >= 4 is 17.6 Å². The molecular weight excluding hydrogens is 330 g/mol. The van der Waals surface area contributed by atoms with E-state index in [9.17, 15) is 29.6 Å². The minimum absolute atomic E-state index is 0.290. The standard InChI is InChI=1S/C16H21N3O6/c20-14(10-18-9-11(19(24)25)7-8-15(18)21)17-13-6-4-2-1-3-5-12(13)16(22)23/h7-9,12-13H,1-6,10H2,(H,17,20)(H,22,23). The van der Waals surface area contributed by atoms with Crippen LogP contribution in [0.25, 0.3) is 0 Å². The second-order valence-electron chi connectivity index (χ2n) is 6.22. The van der Waals surface area contributed by atoms with E-state index in [1.54, 1.807) is 0 Å². The van der Waals surface area contributed by atoms with E-state index in [2.05, 4.69) is 5.32 Å². The summed E-state index contributed by atoms with van der Waals surface area (Å²) in [4.78, 5) is 45.6. The van der Waals surface area contributed by atoms with Crippen LogP contribution in [0.1, 0.15) is 38.5 Å². The van der Waals surface area contributed by atoms with Gasteiger partial charge in [-0.2, -0.15) is 0 Å². The fourth-order valence-corrected chi connectivity index (χ4v) is 3.11. The average Bonchev–Trinajstić information content (AvgIpc) is 2.51. The van der Waals surface area contributed by atoms with E-state index < -0.39 is 34.3 Å². The molecule has 9 heteroatoms.